The molecule has 1 aromatic carbocycles. The zero-order valence-corrected chi connectivity index (χ0v) is 11.5. The van der Waals surface area contributed by atoms with Crippen LogP contribution < -0.4 is 4.74 Å². The van der Waals surface area contributed by atoms with E-state index in [1.54, 1.807) is 7.11 Å². The number of aliphatic hydroxyl groups is 1. The second-order valence-electron chi connectivity index (χ2n) is 4.48. The molecular weight excluding hydrogens is 284 g/mol. The van der Waals surface area contributed by atoms with Crippen LogP contribution in [-0.2, 0) is 11.2 Å². The van der Waals surface area contributed by atoms with Gasteiger partial charge in [-0.2, -0.15) is 0 Å². The Hall–Kier alpha value is -0.580. The van der Waals surface area contributed by atoms with Crippen molar-refractivity contribution in [2.75, 3.05) is 20.3 Å². The first-order valence-corrected chi connectivity index (χ1v) is 6.55. The van der Waals surface area contributed by atoms with Crippen molar-refractivity contribution in [3.8, 4) is 5.75 Å². The van der Waals surface area contributed by atoms with Gasteiger partial charge in [0.25, 0.3) is 0 Å². The third-order valence-electron chi connectivity index (χ3n) is 3.17. The molecular formula is C13H17BrO3. The Morgan fingerprint density at radius 3 is 2.71 bits per heavy atom. The van der Waals surface area contributed by atoms with Crippen molar-refractivity contribution < 1.29 is 14.6 Å². The lowest BCUT2D eigenvalue weighted by Crippen LogP contribution is -2.38. The average Bonchev–Trinajstić information content (AvgIpc) is 2.29. The highest BCUT2D eigenvalue weighted by atomic mass is 79.9. The summed E-state index contributed by atoms with van der Waals surface area (Å²) in [4.78, 5) is 0. The molecule has 0 bridgehead atoms. The first kappa shape index (κ1) is 12.9. The molecule has 0 atom stereocenters. The lowest BCUT2D eigenvalue weighted by molar-refractivity contribution is -0.0625. The minimum atomic E-state index is -0.619. The lowest BCUT2D eigenvalue weighted by atomic mass is 9.87. The van der Waals surface area contributed by atoms with Crippen LogP contribution in [0.4, 0.5) is 0 Å². The van der Waals surface area contributed by atoms with E-state index in [-0.39, 0.29) is 0 Å². The molecule has 1 aliphatic heterocycles. The fourth-order valence-corrected chi connectivity index (χ4v) is 2.72. The quantitative estimate of drug-likeness (QED) is 0.932. The smallest absolute Gasteiger partial charge is 0.133 e. The first-order valence-electron chi connectivity index (χ1n) is 5.75. The highest BCUT2D eigenvalue weighted by Gasteiger charge is 2.29. The maximum absolute atomic E-state index is 10.4. The summed E-state index contributed by atoms with van der Waals surface area (Å²) >= 11 is 3.46. The van der Waals surface area contributed by atoms with Crippen LogP contribution in [-0.4, -0.2) is 31.0 Å². The highest BCUT2D eigenvalue weighted by Crippen LogP contribution is 2.30. The molecule has 1 aromatic rings. The summed E-state index contributed by atoms with van der Waals surface area (Å²) in [5.41, 5.74) is 0.494. The van der Waals surface area contributed by atoms with Crippen molar-refractivity contribution >= 4 is 15.9 Å². The van der Waals surface area contributed by atoms with Gasteiger partial charge < -0.3 is 14.6 Å². The van der Waals surface area contributed by atoms with Crippen molar-refractivity contribution in [3.05, 3.63) is 28.2 Å². The van der Waals surface area contributed by atoms with Crippen molar-refractivity contribution in [1.29, 1.82) is 0 Å². The normalized spacial score (nSPS) is 19.0. The van der Waals surface area contributed by atoms with E-state index in [1.807, 2.05) is 18.2 Å². The topological polar surface area (TPSA) is 38.7 Å². The van der Waals surface area contributed by atoms with E-state index < -0.39 is 5.60 Å². The van der Waals surface area contributed by atoms with Gasteiger partial charge in [0.1, 0.15) is 5.75 Å². The standard InChI is InChI=1S/C13H17BrO3/c1-16-12-3-2-10(8-11(12)14)9-13(15)4-6-17-7-5-13/h2-3,8,15H,4-7,9H2,1H3. The van der Waals surface area contributed by atoms with Crippen LogP contribution in [0.2, 0.25) is 0 Å². The Balaban J connectivity index is 2.10. The molecule has 1 aliphatic rings. The third-order valence-corrected chi connectivity index (χ3v) is 3.79. The van der Waals surface area contributed by atoms with Gasteiger partial charge in [0, 0.05) is 19.6 Å². The summed E-state index contributed by atoms with van der Waals surface area (Å²) in [5.74, 6) is 0.813. The van der Waals surface area contributed by atoms with Gasteiger partial charge in [0.05, 0.1) is 17.2 Å². The molecule has 94 valence electrons. The molecule has 0 unspecified atom stereocenters. The third kappa shape index (κ3) is 3.21. The van der Waals surface area contributed by atoms with Crippen LogP contribution in [0.15, 0.2) is 22.7 Å². The van der Waals surface area contributed by atoms with Crippen LogP contribution in [0.5, 0.6) is 5.75 Å². The predicted octanol–water partition coefficient (Wildman–Crippen LogP) is 2.54. The SMILES string of the molecule is COc1ccc(CC2(O)CCOCC2)cc1Br. The van der Waals surface area contributed by atoms with Crippen LogP contribution >= 0.6 is 15.9 Å². The Kier molecular flexibility index (Phi) is 4.07. The Labute approximate surface area is 110 Å². The fourth-order valence-electron chi connectivity index (χ4n) is 2.13. The monoisotopic (exact) mass is 300 g/mol. The molecule has 3 nitrogen and oxygen atoms in total. The number of hydrogen-bond donors (Lipinski definition) is 1. The van der Waals surface area contributed by atoms with Crippen molar-refractivity contribution in [2.45, 2.75) is 24.9 Å². The molecule has 1 saturated heterocycles. The molecule has 2 rings (SSSR count). The van der Waals surface area contributed by atoms with Crippen LogP contribution in [0.3, 0.4) is 0 Å². The Bertz CT molecular complexity index is 386. The van der Waals surface area contributed by atoms with E-state index in [2.05, 4.69) is 15.9 Å². The summed E-state index contributed by atoms with van der Waals surface area (Å²) in [5, 5.41) is 10.4. The molecule has 0 aromatic heterocycles. The van der Waals surface area contributed by atoms with Crippen molar-refractivity contribution in [1.82, 2.24) is 0 Å². The van der Waals surface area contributed by atoms with Crippen molar-refractivity contribution in [3.63, 3.8) is 0 Å². The lowest BCUT2D eigenvalue weighted by Gasteiger charge is -2.32. The van der Waals surface area contributed by atoms with E-state index in [1.165, 1.54) is 0 Å². The number of halogens is 1. The fraction of sp³-hybridized carbons (Fsp3) is 0.538. The van der Waals surface area contributed by atoms with Crippen LogP contribution in [0.25, 0.3) is 0 Å². The van der Waals surface area contributed by atoms with Gasteiger partial charge >= 0.3 is 0 Å². The molecule has 4 heteroatoms. The molecule has 0 aliphatic carbocycles. The molecule has 0 amide bonds. The summed E-state index contributed by atoms with van der Waals surface area (Å²) in [6.07, 6.45) is 2.08. The predicted molar refractivity (Wildman–Crippen MR) is 69.4 cm³/mol. The maximum atomic E-state index is 10.4. The zero-order chi connectivity index (χ0) is 12.3. The molecule has 1 heterocycles. The van der Waals surface area contributed by atoms with E-state index >= 15 is 0 Å². The highest BCUT2D eigenvalue weighted by molar-refractivity contribution is 9.10. The number of benzene rings is 1. The number of ether oxygens (including phenoxy) is 2. The maximum Gasteiger partial charge on any atom is 0.133 e. The average molecular weight is 301 g/mol. The largest absolute Gasteiger partial charge is 0.496 e. The van der Waals surface area contributed by atoms with Gasteiger partial charge in [-0.1, -0.05) is 6.07 Å². The minimum absolute atomic E-state index is 0.619. The van der Waals surface area contributed by atoms with Gasteiger partial charge in [-0.25, -0.2) is 0 Å². The molecule has 0 saturated carbocycles. The summed E-state index contributed by atoms with van der Waals surface area (Å²) < 4.78 is 11.4. The van der Waals surface area contributed by atoms with E-state index in [9.17, 15) is 5.11 Å². The number of rotatable bonds is 3. The number of hydrogen-bond acceptors (Lipinski definition) is 3. The molecule has 0 spiro atoms. The molecule has 1 N–H and O–H groups in total. The Morgan fingerprint density at radius 1 is 1.41 bits per heavy atom. The second-order valence-corrected chi connectivity index (χ2v) is 5.34. The van der Waals surface area contributed by atoms with Gasteiger partial charge in [0.2, 0.25) is 0 Å². The van der Waals surface area contributed by atoms with Crippen LogP contribution in [0, 0.1) is 0 Å². The first-order chi connectivity index (χ1) is 8.13. The Morgan fingerprint density at radius 2 is 2.12 bits per heavy atom. The second kappa shape index (κ2) is 5.38. The van der Waals surface area contributed by atoms with Gasteiger partial charge in [-0.05, 0) is 46.5 Å². The van der Waals surface area contributed by atoms with Crippen molar-refractivity contribution in [2.24, 2.45) is 0 Å². The number of methoxy groups -OCH3 is 1. The van der Waals surface area contributed by atoms with Crippen LogP contribution in [0.1, 0.15) is 18.4 Å². The summed E-state index contributed by atoms with van der Waals surface area (Å²) in [6, 6.07) is 5.92. The van der Waals surface area contributed by atoms with Gasteiger partial charge in [0.15, 0.2) is 0 Å². The van der Waals surface area contributed by atoms with E-state index in [0.717, 1.165) is 15.8 Å². The molecule has 17 heavy (non-hydrogen) atoms. The van der Waals surface area contributed by atoms with Gasteiger partial charge in [-0.3, -0.25) is 0 Å². The summed E-state index contributed by atoms with van der Waals surface area (Å²) in [6.45, 7) is 1.29. The molecule has 0 radical (unpaired) electrons. The van der Waals surface area contributed by atoms with E-state index in [4.69, 9.17) is 9.47 Å². The summed E-state index contributed by atoms with van der Waals surface area (Å²) in [7, 11) is 1.64. The minimum Gasteiger partial charge on any atom is -0.496 e. The molecule has 1 fully saturated rings. The van der Waals surface area contributed by atoms with E-state index in [0.29, 0.717) is 32.5 Å². The zero-order valence-electron chi connectivity index (χ0n) is 9.91. The van der Waals surface area contributed by atoms with Gasteiger partial charge in [-0.15, -0.1) is 0 Å².